The molecule has 0 bridgehead atoms. The quantitative estimate of drug-likeness (QED) is 0.726. The van der Waals surface area contributed by atoms with Crippen LogP contribution >= 0.6 is 0 Å². The second-order valence-electron chi connectivity index (χ2n) is 3.45. The van der Waals surface area contributed by atoms with Gasteiger partial charge in [0.05, 0.1) is 5.69 Å². The first kappa shape index (κ1) is 7.80. The Bertz CT molecular complexity index is 250. The molecule has 1 aromatic rings. The van der Waals surface area contributed by atoms with Gasteiger partial charge in [0, 0.05) is 25.8 Å². The van der Waals surface area contributed by atoms with Crippen molar-refractivity contribution in [2.45, 2.75) is 31.8 Å². The number of nitrogens with one attached hydrogen (secondary N) is 1. The largest absolute Gasteiger partial charge is 0.308 e. The molecule has 1 aliphatic rings. The zero-order valence-electron chi connectivity index (χ0n) is 7.45. The molecule has 1 aliphatic carbocycles. The van der Waals surface area contributed by atoms with E-state index < -0.39 is 0 Å². The Hall–Kier alpha value is -0.830. The van der Waals surface area contributed by atoms with Gasteiger partial charge in [-0.15, -0.1) is 0 Å². The van der Waals surface area contributed by atoms with Gasteiger partial charge in [-0.2, -0.15) is 5.10 Å². The molecule has 0 amide bonds. The van der Waals surface area contributed by atoms with Crippen LogP contribution in [0.25, 0.3) is 0 Å². The van der Waals surface area contributed by atoms with Crippen LogP contribution in [0.2, 0.25) is 0 Å². The predicted molar refractivity (Wildman–Crippen MR) is 47.7 cm³/mol. The van der Waals surface area contributed by atoms with Gasteiger partial charge in [0.15, 0.2) is 0 Å². The summed E-state index contributed by atoms with van der Waals surface area (Å²) < 4.78 is 1.92. The van der Waals surface area contributed by atoms with Crippen LogP contribution in [-0.4, -0.2) is 15.8 Å². The molecule has 0 aromatic carbocycles. The minimum atomic E-state index is 0.764. The van der Waals surface area contributed by atoms with Gasteiger partial charge in [0.25, 0.3) is 0 Å². The number of nitrogens with zero attached hydrogens (tertiary/aromatic N) is 2. The fraction of sp³-hybridized carbons (Fsp3) is 0.667. The van der Waals surface area contributed by atoms with E-state index in [-0.39, 0.29) is 0 Å². The van der Waals surface area contributed by atoms with E-state index in [0.717, 1.165) is 12.6 Å². The van der Waals surface area contributed by atoms with Crippen molar-refractivity contribution in [3.63, 3.8) is 0 Å². The number of rotatable bonds is 3. The van der Waals surface area contributed by atoms with Crippen molar-refractivity contribution < 1.29 is 0 Å². The van der Waals surface area contributed by atoms with E-state index >= 15 is 0 Å². The molecule has 0 unspecified atom stereocenters. The average Bonchev–Trinajstić information content (AvgIpc) is 2.33. The van der Waals surface area contributed by atoms with E-state index in [1.807, 2.05) is 17.9 Å². The van der Waals surface area contributed by atoms with Gasteiger partial charge in [-0.25, -0.2) is 0 Å². The van der Waals surface area contributed by atoms with Crippen LogP contribution in [0.15, 0.2) is 12.3 Å². The number of hydrogen-bond donors (Lipinski definition) is 1. The van der Waals surface area contributed by atoms with Crippen molar-refractivity contribution in [2.24, 2.45) is 7.05 Å². The molecule has 0 saturated heterocycles. The van der Waals surface area contributed by atoms with Gasteiger partial charge in [-0.1, -0.05) is 6.42 Å². The molecular formula is C9H15N3. The van der Waals surface area contributed by atoms with E-state index in [2.05, 4.69) is 16.5 Å². The number of hydrogen-bond acceptors (Lipinski definition) is 2. The van der Waals surface area contributed by atoms with Crippen LogP contribution in [-0.2, 0) is 13.6 Å². The third kappa shape index (κ3) is 1.50. The third-order valence-electron chi connectivity index (χ3n) is 2.60. The van der Waals surface area contributed by atoms with Crippen molar-refractivity contribution in [3.05, 3.63) is 18.0 Å². The summed E-state index contributed by atoms with van der Waals surface area (Å²) in [5.74, 6) is 0. The smallest absolute Gasteiger partial charge is 0.0518 e. The molecule has 3 heteroatoms. The Morgan fingerprint density at radius 1 is 1.67 bits per heavy atom. The Morgan fingerprint density at radius 2 is 2.50 bits per heavy atom. The van der Waals surface area contributed by atoms with Gasteiger partial charge in [-0.05, 0) is 18.9 Å². The van der Waals surface area contributed by atoms with Crippen LogP contribution in [0, 0.1) is 0 Å². The lowest BCUT2D eigenvalue weighted by atomic mass is 9.93. The van der Waals surface area contributed by atoms with Crippen molar-refractivity contribution >= 4 is 0 Å². The first-order chi connectivity index (χ1) is 5.86. The first-order valence-electron chi connectivity index (χ1n) is 4.56. The minimum Gasteiger partial charge on any atom is -0.308 e. The SMILES string of the molecule is Cn1nccc1CNC1CCC1. The summed E-state index contributed by atoms with van der Waals surface area (Å²) in [6.45, 7) is 0.959. The van der Waals surface area contributed by atoms with Crippen LogP contribution in [0.1, 0.15) is 25.0 Å². The average molecular weight is 165 g/mol. The minimum absolute atomic E-state index is 0.764. The summed E-state index contributed by atoms with van der Waals surface area (Å²) >= 11 is 0. The lowest BCUT2D eigenvalue weighted by molar-refractivity contribution is 0.335. The number of aryl methyl sites for hydroxylation is 1. The Labute approximate surface area is 72.8 Å². The molecule has 66 valence electrons. The van der Waals surface area contributed by atoms with Gasteiger partial charge >= 0.3 is 0 Å². The molecule has 12 heavy (non-hydrogen) atoms. The molecule has 1 N–H and O–H groups in total. The third-order valence-corrected chi connectivity index (χ3v) is 2.60. The Morgan fingerprint density at radius 3 is 3.00 bits per heavy atom. The van der Waals surface area contributed by atoms with E-state index in [1.165, 1.54) is 25.0 Å². The molecule has 0 atom stereocenters. The lowest BCUT2D eigenvalue weighted by Crippen LogP contribution is -2.34. The number of aromatic nitrogens is 2. The fourth-order valence-corrected chi connectivity index (χ4v) is 1.44. The maximum Gasteiger partial charge on any atom is 0.0518 e. The monoisotopic (exact) mass is 165 g/mol. The zero-order chi connectivity index (χ0) is 8.39. The summed E-state index contributed by atoms with van der Waals surface area (Å²) in [6.07, 6.45) is 5.93. The molecule has 0 radical (unpaired) electrons. The molecular weight excluding hydrogens is 150 g/mol. The Kier molecular flexibility index (Phi) is 2.13. The summed E-state index contributed by atoms with van der Waals surface area (Å²) in [6, 6.07) is 2.82. The maximum atomic E-state index is 4.12. The summed E-state index contributed by atoms with van der Waals surface area (Å²) in [4.78, 5) is 0. The van der Waals surface area contributed by atoms with Gasteiger partial charge in [0.1, 0.15) is 0 Å². The molecule has 1 saturated carbocycles. The maximum absolute atomic E-state index is 4.12. The highest BCUT2D eigenvalue weighted by atomic mass is 15.3. The second kappa shape index (κ2) is 3.27. The van der Waals surface area contributed by atoms with E-state index in [4.69, 9.17) is 0 Å². The van der Waals surface area contributed by atoms with E-state index in [1.54, 1.807) is 0 Å². The van der Waals surface area contributed by atoms with Crippen molar-refractivity contribution in [2.75, 3.05) is 0 Å². The molecule has 1 fully saturated rings. The standard InChI is InChI=1S/C9H15N3/c1-12-9(5-6-11-12)7-10-8-3-2-4-8/h5-6,8,10H,2-4,7H2,1H3. The highest BCUT2D eigenvalue weighted by Crippen LogP contribution is 2.18. The van der Waals surface area contributed by atoms with Crippen LogP contribution < -0.4 is 5.32 Å². The molecule has 0 spiro atoms. The highest BCUT2D eigenvalue weighted by molar-refractivity contribution is 4.99. The van der Waals surface area contributed by atoms with E-state index in [0.29, 0.717) is 0 Å². The molecule has 1 heterocycles. The van der Waals surface area contributed by atoms with Crippen molar-refractivity contribution in [1.29, 1.82) is 0 Å². The van der Waals surface area contributed by atoms with Gasteiger partial charge in [0.2, 0.25) is 0 Å². The normalized spacial score (nSPS) is 17.8. The summed E-state index contributed by atoms with van der Waals surface area (Å²) in [5, 5.41) is 7.62. The van der Waals surface area contributed by atoms with Crippen LogP contribution in [0.5, 0.6) is 0 Å². The van der Waals surface area contributed by atoms with Crippen LogP contribution in [0.4, 0.5) is 0 Å². The fourth-order valence-electron chi connectivity index (χ4n) is 1.44. The predicted octanol–water partition coefficient (Wildman–Crippen LogP) is 1.06. The van der Waals surface area contributed by atoms with Gasteiger partial charge < -0.3 is 5.32 Å². The molecule has 1 aromatic heterocycles. The molecule has 3 nitrogen and oxygen atoms in total. The lowest BCUT2D eigenvalue weighted by Gasteiger charge is -2.26. The first-order valence-corrected chi connectivity index (χ1v) is 4.56. The van der Waals surface area contributed by atoms with Crippen molar-refractivity contribution in [1.82, 2.24) is 15.1 Å². The van der Waals surface area contributed by atoms with E-state index in [9.17, 15) is 0 Å². The highest BCUT2D eigenvalue weighted by Gasteiger charge is 2.16. The molecule has 2 rings (SSSR count). The topological polar surface area (TPSA) is 29.9 Å². The zero-order valence-corrected chi connectivity index (χ0v) is 7.45. The van der Waals surface area contributed by atoms with Crippen molar-refractivity contribution in [3.8, 4) is 0 Å². The van der Waals surface area contributed by atoms with Gasteiger partial charge in [-0.3, -0.25) is 4.68 Å². The summed E-state index contributed by atoms with van der Waals surface area (Å²) in [7, 11) is 1.98. The van der Waals surface area contributed by atoms with Crippen LogP contribution in [0.3, 0.4) is 0 Å². The molecule has 0 aliphatic heterocycles. The summed E-state index contributed by atoms with van der Waals surface area (Å²) in [5.41, 5.74) is 1.27. The second-order valence-corrected chi connectivity index (χ2v) is 3.45. The Balaban J connectivity index is 1.82.